The van der Waals surface area contributed by atoms with Crippen LogP contribution in [0.15, 0.2) is 0 Å². The fraction of sp³-hybridized carbons (Fsp3) is 0.900. The number of nitriles is 1. The molecular weight excluding hydrogens is 162 g/mol. The Labute approximate surface area is 81.9 Å². The summed E-state index contributed by atoms with van der Waals surface area (Å²) < 4.78 is 0. The largest absolute Gasteiger partial charge is 0.304 e. The van der Waals surface area contributed by atoms with Crippen molar-refractivity contribution in [2.24, 2.45) is 0 Å². The number of likely N-dealkylation sites (N-methyl/N-ethyl adjacent to an activating group) is 2. The van der Waals surface area contributed by atoms with Gasteiger partial charge in [-0.2, -0.15) is 5.26 Å². The van der Waals surface area contributed by atoms with Gasteiger partial charge in [0, 0.05) is 26.1 Å². The molecule has 0 aromatic rings. The molecule has 0 atom stereocenters. The summed E-state index contributed by atoms with van der Waals surface area (Å²) in [7, 11) is 2.07. The van der Waals surface area contributed by atoms with Crippen LogP contribution < -0.4 is 0 Å². The van der Waals surface area contributed by atoms with Gasteiger partial charge in [-0.3, -0.25) is 0 Å². The molecule has 0 spiro atoms. The maximum atomic E-state index is 8.40. The van der Waals surface area contributed by atoms with E-state index in [-0.39, 0.29) is 0 Å². The van der Waals surface area contributed by atoms with Crippen LogP contribution in [0.4, 0.5) is 0 Å². The Kier molecular flexibility index (Phi) is 7.66. The maximum Gasteiger partial charge on any atom is 0.0635 e. The fourth-order valence-corrected chi connectivity index (χ4v) is 1.20. The van der Waals surface area contributed by atoms with E-state index in [1.54, 1.807) is 0 Å². The summed E-state index contributed by atoms with van der Waals surface area (Å²) in [5.41, 5.74) is 0. The van der Waals surface area contributed by atoms with Gasteiger partial charge in [0.2, 0.25) is 0 Å². The molecule has 0 bridgehead atoms. The maximum absolute atomic E-state index is 8.40. The molecule has 0 saturated heterocycles. The van der Waals surface area contributed by atoms with E-state index in [0.29, 0.717) is 6.42 Å². The molecular formula is C10H21N3. The van der Waals surface area contributed by atoms with Crippen LogP contribution in [-0.4, -0.2) is 49.6 Å². The molecule has 0 aliphatic rings. The Morgan fingerprint density at radius 1 is 1.08 bits per heavy atom. The van der Waals surface area contributed by atoms with E-state index >= 15 is 0 Å². The highest BCUT2D eigenvalue weighted by Crippen LogP contribution is 1.90. The van der Waals surface area contributed by atoms with Crippen LogP contribution >= 0.6 is 0 Å². The average Bonchev–Trinajstić information content (AvgIpc) is 2.16. The van der Waals surface area contributed by atoms with E-state index in [0.717, 1.165) is 32.7 Å². The molecule has 0 saturated carbocycles. The van der Waals surface area contributed by atoms with Crippen LogP contribution in [0, 0.1) is 11.3 Å². The lowest BCUT2D eigenvalue weighted by Crippen LogP contribution is -2.33. The number of nitrogens with zero attached hydrogens (tertiary/aromatic N) is 3. The molecule has 0 heterocycles. The monoisotopic (exact) mass is 183 g/mol. The van der Waals surface area contributed by atoms with Crippen molar-refractivity contribution in [3.05, 3.63) is 0 Å². The molecule has 76 valence electrons. The zero-order valence-corrected chi connectivity index (χ0v) is 9.08. The minimum Gasteiger partial charge on any atom is -0.304 e. The summed E-state index contributed by atoms with van der Waals surface area (Å²) in [6.45, 7) is 9.64. The molecule has 0 N–H and O–H groups in total. The first-order valence-corrected chi connectivity index (χ1v) is 5.02. The van der Waals surface area contributed by atoms with Gasteiger partial charge in [-0.15, -0.1) is 0 Å². The van der Waals surface area contributed by atoms with Crippen molar-refractivity contribution >= 4 is 0 Å². The Morgan fingerprint density at radius 3 is 2.15 bits per heavy atom. The molecule has 3 nitrogen and oxygen atoms in total. The predicted molar refractivity (Wildman–Crippen MR) is 55.5 cm³/mol. The van der Waals surface area contributed by atoms with Crippen LogP contribution in [0.25, 0.3) is 0 Å². The van der Waals surface area contributed by atoms with Crippen LogP contribution in [0.2, 0.25) is 0 Å². The van der Waals surface area contributed by atoms with Crippen molar-refractivity contribution in [1.29, 1.82) is 5.26 Å². The summed E-state index contributed by atoms with van der Waals surface area (Å²) in [6.07, 6.45) is 0.634. The first kappa shape index (κ1) is 12.4. The second kappa shape index (κ2) is 8.03. The van der Waals surface area contributed by atoms with Gasteiger partial charge in [0.25, 0.3) is 0 Å². The summed E-state index contributed by atoms with van der Waals surface area (Å²) in [5, 5.41) is 8.40. The third-order valence-corrected chi connectivity index (χ3v) is 2.30. The quantitative estimate of drug-likeness (QED) is 0.593. The van der Waals surface area contributed by atoms with Crippen molar-refractivity contribution in [3.63, 3.8) is 0 Å². The Hall–Kier alpha value is -0.590. The van der Waals surface area contributed by atoms with Crippen LogP contribution in [0.5, 0.6) is 0 Å². The highest BCUT2D eigenvalue weighted by Gasteiger charge is 2.01. The third kappa shape index (κ3) is 6.56. The van der Waals surface area contributed by atoms with E-state index in [1.807, 2.05) is 0 Å². The topological polar surface area (TPSA) is 30.3 Å². The van der Waals surface area contributed by atoms with Crippen LogP contribution in [0.3, 0.4) is 0 Å². The highest BCUT2D eigenvalue weighted by molar-refractivity contribution is 4.71. The van der Waals surface area contributed by atoms with Crippen molar-refractivity contribution in [2.75, 3.05) is 39.8 Å². The minimum absolute atomic E-state index is 0.634. The normalized spacial score (nSPS) is 10.8. The molecule has 0 aromatic carbocycles. The van der Waals surface area contributed by atoms with Crippen molar-refractivity contribution in [2.45, 2.75) is 20.3 Å². The SMILES string of the molecule is CCN(CC)CCN(C)CCC#N. The molecule has 3 heteroatoms. The third-order valence-electron chi connectivity index (χ3n) is 2.30. The van der Waals surface area contributed by atoms with Gasteiger partial charge in [0.1, 0.15) is 0 Å². The van der Waals surface area contributed by atoms with Gasteiger partial charge in [-0.25, -0.2) is 0 Å². The minimum atomic E-state index is 0.634. The fourth-order valence-electron chi connectivity index (χ4n) is 1.20. The second-order valence-corrected chi connectivity index (χ2v) is 3.24. The van der Waals surface area contributed by atoms with E-state index in [2.05, 4.69) is 36.8 Å². The van der Waals surface area contributed by atoms with Gasteiger partial charge in [0.15, 0.2) is 0 Å². The first-order chi connectivity index (χ1) is 6.24. The molecule has 0 rings (SSSR count). The lowest BCUT2D eigenvalue weighted by Gasteiger charge is -2.22. The zero-order chi connectivity index (χ0) is 10.1. The van der Waals surface area contributed by atoms with E-state index < -0.39 is 0 Å². The molecule has 0 aromatic heterocycles. The summed E-state index contributed by atoms with van der Waals surface area (Å²) >= 11 is 0. The molecule has 0 radical (unpaired) electrons. The molecule has 0 unspecified atom stereocenters. The van der Waals surface area contributed by atoms with Gasteiger partial charge in [0.05, 0.1) is 6.07 Å². The molecule has 0 aliphatic heterocycles. The first-order valence-electron chi connectivity index (χ1n) is 5.02. The Morgan fingerprint density at radius 2 is 1.69 bits per heavy atom. The van der Waals surface area contributed by atoms with Gasteiger partial charge < -0.3 is 9.80 Å². The van der Waals surface area contributed by atoms with Crippen LogP contribution in [-0.2, 0) is 0 Å². The second-order valence-electron chi connectivity index (χ2n) is 3.24. The summed E-state index contributed by atoms with van der Waals surface area (Å²) in [4.78, 5) is 4.60. The highest BCUT2D eigenvalue weighted by atomic mass is 15.2. The standard InChI is InChI=1S/C10H21N3/c1-4-13(5-2)10-9-12(3)8-6-7-11/h4-6,8-10H2,1-3H3. The van der Waals surface area contributed by atoms with Gasteiger partial charge in [-0.1, -0.05) is 13.8 Å². The van der Waals surface area contributed by atoms with Crippen LogP contribution in [0.1, 0.15) is 20.3 Å². The Bertz CT molecular complexity index is 147. The van der Waals surface area contributed by atoms with Gasteiger partial charge >= 0.3 is 0 Å². The number of hydrogen-bond donors (Lipinski definition) is 0. The predicted octanol–water partition coefficient (Wildman–Crippen LogP) is 1.17. The number of rotatable bonds is 7. The van der Waals surface area contributed by atoms with Crippen molar-refractivity contribution < 1.29 is 0 Å². The summed E-state index contributed by atoms with van der Waals surface area (Å²) in [5.74, 6) is 0. The molecule has 0 fully saturated rings. The zero-order valence-electron chi connectivity index (χ0n) is 9.08. The van der Waals surface area contributed by atoms with E-state index in [4.69, 9.17) is 5.26 Å². The molecule has 0 aliphatic carbocycles. The molecule has 0 amide bonds. The summed E-state index contributed by atoms with van der Waals surface area (Å²) in [6, 6.07) is 2.16. The smallest absolute Gasteiger partial charge is 0.0635 e. The van der Waals surface area contributed by atoms with Crippen molar-refractivity contribution in [3.8, 4) is 6.07 Å². The lowest BCUT2D eigenvalue weighted by molar-refractivity contribution is 0.243. The van der Waals surface area contributed by atoms with Gasteiger partial charge in [-0.05, 0) is 20.1 Å². The molecule has 13 heavy (non-hydrogen) atoms. The number of hydrogen-bond acceptors (Lipinski definition) is 3. The van der Waals surface area contributed by atoms with E-state index in [1.165, 1.54) is 0 Å². The van der Waals surface area contributed by atoms with Crippen molar-refractivity contribution in [1.82, 2.24) is 9.80 Å². The average molecular weight is 183 g/mol. The lowest BCUT2D eigenvalue weighted by atomic mass is 10.4. The van der Waals surface area contributed by atoms with E-state index in [9.17, 15) is 0 Å². The Balaban J connectivity index is 3.45.